The number of nitrogens with zero attached hydrogens (tertiary/aromatic N) is 1. The molecule has 1 amide bonds. The van der Waals surface area contributed by atoms with Crippen molar-refractivity contribution in [2.45, 2.75) is 70.8 Å². The second-order valence-corrected chi connectivity index (χ2v) is 12.8. The molecule has 6 nitrogen and oxygen atoms in total. The van der Waals surface area contributed by atoms with Crippen molar-refractivity contribution < 1.29 is 23.9 Å². The van der Waals surface area contributed by atoms with Crippen molar-refractivity contribution in [3.63, 3.8) is 0 Å². The molecule has 4 rings (SSSR count). The van der Waals surface area contributed by atoms with Crippen molar-refractivity contribution in [3.05, 3.63) is 88.5 Å². The van der Waals surface area contributed by atoms with Crippen LogP contribution in [0.3, 0.4) is 0 Å². The van der Waals surface area contributed by atoms with Gasteiger partial charge in [0.2, 0.25) is 0 Å². The third-order valence-corrected chi connectivity index (χ3v) is 8.90. The maximum Gasteiger partial charge on any atom is 0.415 e. The number of hydrogen-bond donors (Lipinski definition) is 0. The summed E-state index contributed by atoms with van der Waals surface area (Å²) in [5.41, 5.74) is 3.54. The summed E-state index contributed by atoms with van der Waals surface area (Å²) in [5, 5.41) is 0. The van der Waals surface area contributed by atoms with Gasteiger partial charge in [0.25, 0.3) is 0 Å². The molecular formula is C35H41NO5S. The van der Waals surface area contributed by atoms with Gasteiger partial charge in [-0.1, -0.05) is 50.2 Å². The molecule has 0 aromatic heterocycles. The zero-order valence-corrected chi connectivity index (χ0v) is 26.6. The number of rotatable bonds is 9. The maximum atomic E-state index is 13.9. The number of thioether (sulfide) groups is 1. The molecule has 7 heteroatoms. The van der Waals surface area contributed by atoms with Crippen LogP contribution in [0.5, 0.6) is 11.5 Å². The van der Waals surface area contributed by atoms with E-state index >= 15 is 0 Å². The highest BCUT2D eigenvalue weighted by molar-refractivity contribution is 7.98. The molecule has 1 aliphatic heterocycles. The Morgan fingerprint density at radius 2 is 1.52 bits per heavy atom. The Kier molecular flexibility index (Phi) is 9.51. The van der Waals surface area contributed by atoms with Gasteiger partial charge in [0.1, 0.15) is 11.5 Å². The molecule has 0 aliphatic carbocycles. The summed E-state index contributed by atoms with van der Waals surface area (Å²) < 4.78 is 11.9. The molecular weight excluding hydrogens is 546 g/mol. The SMILES string of the molecule is CSc1ccc(C(=O)[C@@H]2CN(C(=O)Oc3ccc(C(C)C)cc3)C[C@H]2c2cc(C)c(OC(C)(C)C(C)=O)c(C)c2)cc1. The Labute approximate surface area is 253 Å². The standard InChI is InChI=1S/C35H41NO5S/c1-21(2)25-9-13-28(14-10-25)40-34(39)36-19-30(31(20-36)32(38)26-11-15-29(42-8)16-12-26)27-17-22(3)33(23(4)18-27)41-35(6,7)24(5)37/h9-18,21,30-31H,19-20H2,1-8H3/t30-,31+/m0/s1. The van der Waals surface area contributed by atoms with E-state index < -0.39 is 17.6 Å². The third-order valence-electron chi connectivity index (χ3n) is 8.16. The van der Waals surface area contributed by atoms with Crippen molar-refractivity contribution in [2.75, 3.05) is 19.3 Å². The Bertz CT molecular complexity index is 1440. The van der Waals surface area contributed by atoms with Gasteiger partial charge in [0.15, 0.2) is 17.2 Å². The Balaban J connectivity index is 1.64. The average molecular weight is 588 g/mol. The van der Waals surface area contributed by atoms with Crippen molar-refractivity contribution in [3.8, 4) is 11.5 Å². The average Bonchev–Trinajstić information content (AvgIpc) is 3.40. The summed E-state index contributed by atoms with van der Waals surface area (Å²) in [6.45, 7) is 13.8. The van der Waals surface area contributed by atoms with Gasteiger partial charge in [0.05, 0.1) is 0 Å². The number of carbonyl (C=O) groups excluding carboxylic acids is 3. The molecule has 42 heavy (non-hydrogen) atoms. The van der Waals surface area contributed by atoms with Crippen molar-refractivity contribution in [1.29, 1.82) is 0 Å². The van der Waals surface area contributed by atoms with E-state index in [1.54, 1.807) is 30.5 Å². The van der Waals surface area contributed by atoms with Crippen LogP contribution in [0.2, 0.25) is 0 Å². The number of benzene rings is 3. The van der Waals surface area contributed by atoms with Crippen LogP contribution in [0.4, 0.5) is 4.79 Å². The monoisotopic (exact) mass is 587 g/mol. The van der Waals surface area contributed by atoms with Crippen molar-refractivity contribution in [2.24, 2.45) is 5.92 Å². The normalized spacial score (nSPS) is 16.9. The zero-order valence-electron chi connectivity index (χ0n) is 25.8. The molecule has 0 spiro atoms. The summed E-state index contributed by atoms with van der Waals surface area (Å²) in [6, 6.07) is 19.2. The number of ether oxygens (including phenoxy) is 2. The van der Waals surface area contributed by atoms with Gasteiger partial charge in [0, 0.05) is 35.4 Å². The molecule has 1 aliphatic rings. The summed E-state index contributed by atoms with van der Waals surface area (Å²) in [5.74, 6) is 0.771. The minimum Gasteiger partial charge on any atom is -0.480 e. The largest absolute Gasteiger partial charge is 0.480 e. The Hall–Kier alpha value is -3.58. The first kappa shape index (κ1) is 31.4. The Morgan fingerprint density at radius 1 is 0.929 bits per heavy atom. The molecule has 0 radical (unpaired) electrons. The van der Waals surface area contributed by atoms with E-state index in [2.05, 4.69) is 13.8 Å². The number of Topliss-reactive ketones (excluding diaryl/α,β-unsaturated/α-hetero) is 2. The van der Waals surface area contributed by atoms with Crippen LogP contribution in [0, 0.1) is 19.8 Å². The number of hydrogen-bond acceptors (Lipinski definition) is 6. The Morgan fingerprint density at radius 3 is 2.05 bits per heavy atom. The van der Waals surface area contributed by atoms with E-state index in [9.17, 15) is 14.4 Å². The molecule has 3 aromatic rings. The fourth-order valence-corrected chi connectivity index (χ4v) is 5.71. The lowest BCUT2D eigenvalue weighted by molar-refractivity contribution is -0.129. The summed E-state index contributed by atoms with van der Waals surface area (Å²) in [4.78, 5) is 42.1. The molecule has 1 heterocycles. The van der Waals surface area contributed by atoms with E-state index in [-0.39, 0.29) is 24.0 Å². The highest BCUT2D eigenvalue weighted by Gasteiger charge is 2.42. The minimum atomic E-state index is -0.959. The fraction of sp³-hybridized carbons (Fsp3) is 0.400. The summed E-state index contributed by atoms with van der Waals surface area (Å²) >= 11 is 1.62. The molecule has 1 saturated heterocycles. The lowest BCUT2D eigenvalue weighted by atomic mass is 9.82. The van der Waals surface area contributed by atoms with Crippen molar-refractivity contribution >= 4 is 29.4 Å². The molecule has 0 saturated carbocycles. The predicted octanol–water partition coefficient (Wildman–Crippen LogP) is 7.99. The van der Waals surface area contributed by atoms with Crippen LogP contribution in [-0.4, -0.2) is 47.5 Å². The number of amides is 1. The second kappa shape index (κ2) is 12.7. The molecule has 0 unspecified atom stereocenters. The molecule has 0 bridgehead atoms. The topological polar surface area (TPSA) is 72.9 Å². The minimum absolute atomic E-state index is 0.00224. The molecule has 222 valence electrons. The summed E-state index contributed by atoms with van der Waals surface area (Å²) in [6.07, 6.45) is 1.53. The number of ketones is 2. The van der Waals surface area contributed by atoms with E-state index in [0.29, 0.717) is 29.5 Å². The van der Waals surface area contributed by atoms with Crippen LogP contribution in [0.1, 0.15) is 79.1 Å². The predicted molar refractivity (Wildman–Crippen MR) is 168 cm³/mol. The van der Waals surface area contributed by atoms with E-state index in [1.165, 1.54) is 12.5 Å². The van der Waals surface area contributed by atoms with Crippen molar-refractivity contribution in [1.82, 2.24) is 4.90 Å². The zero-order chi connectivity index (χ0) is 30.8. The van der Waals surface area contributed by atoms with Gasteiger partial charge in [-0.05, 0) is 93.3 Å². The highest BCUT2D eigenvalue weighted by atomic mass is 32.2. The van der Waals surface area contributed by atoms with Crippen LogP contribution in [0.15, 0.2) is 65.6 Å². The van der Waals surface area contributed by atoms with Gasteiger partial charge in [-0.25, -0.2) is 4.79 Å². The van der Waals surface area contributed by atoms with E-state index in [0.717, 1.165) is 21.6 Å². The van der Waals surface area contributed by atoms with Crippen LogP contribution >= 0.6 is 11.8 Å². The molecule has 2 atom stereocenters. The van der Waals surface area contributed by atoms with Crippen LogP contribution in [-0.2, 0) is 4.79 Å². The smallest absolute Gasteiger partial charge is 0.415 e. The van der Waals surface area contributed by atoms with E-state index in [1.807, 2.05) is 80.8 Å². The molecule has 1 fully saturated rings. The van der Waals surface area contributed by atoms with Gasteiger partial charge in [-0.15, -0.1) is 11.8 Å². The number of carbonyl (C=O) groups is 3. The third kappa shape index (κ3) is 6.89. The quantitative estimate of drug-likeness (QED) is 0.187. The van der Waals surface area contributed by atoms with Gasteiger partial charge < -0.3 is 14.4 Å². The number of likely N-dealkylation sites (tertiary alicyclic amines) is 1. The first-order valence-corrected chi connectivity index (χ1v) is 15.6. The van der Waals surface area contributed by atoms with Crippen LogP contribution in [0.25, 0.3) is 0 Å². The first-order chi connectivity index (χ1) is 19.8. The number of aryl methyl sites for hydroxylation is 2. The highest BCUT2D eigenvalue weighted by Crippen LogP contribution is 2.39. The fourth-order valence-electron chi connectivity index (χ4n) is 5.30. The lowest BCUT2D eigenvalue weighted by Crippen LogP contribution is -2.36. The molecule has 3 aromatic carbocycles. The molecule has 0 N–H and O–H groups in total. The summed E-state index contributed by atoms with van der Waals surface area (Å²) in [7, 11) is 0. The van der Waals surface area contributed by atoms with E-state index in [4.69, 9.17) is 9.47 Å². The first-order valence-electron chi connectivity index (χ1n) is 14.4. The second-order valence-electron chi connectivity index (χ2n) is 12.0. The maximum absolute atomic E-state index is 13.9. The lowest BCUT2D eigenvalue weighted by Gasteiger charge is -2.27. The van der Waals surface area contributed by atoms with Gasteiger partial charge in [-0.2, -0.15) is 0 Å². The van der Waals surface area contributed by atoms with Gasteiger partial charge in [-0.3, -0.25) is 9.59 Å². The van der Waals surface area contributed by atoms with Gasteiger partial charge >= 0.3 is 6.09 Å². The van der Waals surface area contributed by atoms with Crippen LogP contribution < -0.4 is 9.47 Å².